The second kappa shape index (κ2) is 3.61. The van der Waals surface area contributed by atoms with Gasteiger partial charge in [0.1, 0.15) is 0 Å². The van der Waals surface area contributed by atoms with E-state index >= 15 is 0 Å². The minimum absolute atomic E-state index is 0. The van der Waals surface area contributed by atoms with E-state index in [9.17, 15) is 0 Å². The van der Waals surface area contributed by atoms with Gasteiger partial charge in [0.15, 0.2) is 0 Å². The molecule has 8 heavy (non-hydrogen) atoms. The van der Waals surface area contributed by atoms with Crippen LogP contribution in [0.5, 0.6) is 0 Å². The molecule has 1 heterocycles. The molecule has 1 rings (SSSR count). The van der Waals surface area contributed by atoms with E-state index in [0.29, 0.717) is 0 Å². The summed E-state index contributed by atoms with van der Waals surface area (Å²) < 4.78 is 0. The summed E-state index contributed by atoms with van der Waals surface area (Å²) in [6, 6.07) is 0. The minimum Gasteiger partial charge on any atom is -1.00 e. The van der Waals surface area contributed by atoms with Crippen molar-refractivity contribution in [2.45, 2.75) is 6.92 Å². The fourth-order valence-electron chi connectivity index (χ4n) is 0.448. The van der Waals surface area contributed by atoms with Crippen molar-refractivity contribution >= 4 is 6.21 Å². The van der Waals surface area contributed by atoms with E-state index in [2.05, 4.69) is 4.99 Å². The van der Waals surface area contributed by atoms with Crippen molar-refractivity contribution in [2.24, 2.45) is 0 Å². The van der Waals surface area contributed by atoms with Gasteiger partial charge in [-0.05, 0) is 6.08 Å². The molecule has 1 radical (unpaired) electrons. The van der Waals surface area contributed by atoms with Crippen molar-refractivity contribution < 1.29 is 17.0 Å². The molecule has 0 bridgehead atoms. The van der Waals surface area contributed by atoms with Crippen molar-refractivity contribution in [1.82, 2.24) is 4.99 Å². The zero-order chi connectivity index (χ0) is 5.11. The number of hydrogen-bond donors (Lipinski definition) is 0. The fourth-order valence-corrected chi connectivity index (χ4v) is 0.448. The van der Waals surface area contributed by atoms with Gasteiger partial charge in [0.2, 0.25) is 6.21 Å². The Morgan fingerprint density at radius 1 is 1.38 bits per heavy atom. The summed E-state index contributed by atoms with van der Waals surface area (Å²) in [5.41, 5.74) is 1.07. The van der Waals surface area contributed by atoms with E-state index in [1.54, 1.807) is 6.21 Å². The van der Waals surface area contributed by atoms with Gasteiger partial charge >= 0.3 is 0 Å². The third-order valence-corrected chi connectivity index (χ3v) is 0.813. The monoisotopic (exact) mass is 172 g/mol. The van der Waals surface area contributed by atoms with Crippen LogP contribution in [0.2, 0.25) is 0 Å². The Labute approximate surface area is 59.6 Å². The Balaban J connectivity index is 0.000000490. The Kier molecular flexibility index (Phi) is 3.44. The highest BCUT2D eigenvalue weighted by Gasteiger charge is 1.95. The molecule has 0 saturated carbocycles. The SMILES string of the molecule is CC1=CC=CC=[N+]1.[Br-]. The molecule has 0 unspecified atom stereocenters. The smallest absolute Gasteiger partial charge is 0.250 e. The van der Waals surface area contributed by atoms with E-state index in [4.69, 9.17) is 0 Å². The van der Waals surface area contributed by atoms with Crippen LogP contribution in [0.1, 0.15) is 6.92 Å². The van der Waals surface area contributed by atoms with Crippen LogP contribution < -0.4 is 22.0 Å². The lowest BCUT2D eigenvalue weighted by Crippen LogP contribution is -3.00. The van der Waals surface area contributed by atoms with Gasteiger partial charge in [-0.3, -0.25) is 0 Å². The van der Waals surface area contributed by atoms with Crippen molar-refractivity contribution in [2.75, 3.05) is 0 Å². The molecule has 0 atom stereocenters. The summed E-state index contributed by atoms with van der Waals surface area (Å²) in [4.78, 5) is 3.98. The molecule has 1 aliphatic rings. The lowest BCUT2D eigenvalue weighted by Gasteiger charge is -1.73. The number of allylic oxidation sites excluding steroid dienone is 4. The molecule has 0 amide bonds. The molecule has 2 heteroatoms. The lowest BCUT2D eigenvalue weighted by atomic mass is 10.3. The predicted molar refractivity (Wildman–Crippen MR) is 31.1 cm³/mol. The first-order valence-electron chi connectivity index (χ1n) is 2.27. The first kappa shape index (κ1) is 7.63. The number of rotatable bonds is 0. The molecule has 0 aromatic rings. The highest BCUT2D eigenvalue weighted by atomic mass is 79.9. The van der Waals surface area contributed by atoms with Crippen molar-refractivity contribution in [3.05, 3.63) is 23.9 Å². The van der Waals surface area contributed by atoms with Crippen LogP contribution in [-0.2, 0) is 0 Å². The second-order valence-corrected chi connectivity index (χ2v) is 1.47. The maximum atomic E-state index is 3.98. The second-order valence-electron chi connectivity index (χ2n) is 1.47. The van der Waals surface area contributed by atoms with Gasteiger partial charge in [-0.25, -0.2) is 0 Å². The molecule has 0 aromatic carbocycles. The summed E-state index contributed by atoms with van der Waals surface area (Å²) in [6.07, 6.45) is 7.64. The molecule has 0 aromatic heterocycles. The molecular formula is C6H7BrN. The number of halogens is 1. The van der Waals surface area contributed by atoms with Gasteiger partial charge in [-0.1, -0.05) is 0 Å². The molecule has 0 fully saturated rings. The Morgan fingerprint density at radius 2 is 2.12 bits per heavy atom. The molecular weight excluding hydrogens is 166 g/mol. The predicted octanol–water partition coefficient (Wildman–Crippen LogP) is -2.13. The topological polar surface area (TPSA) is 14.1 Å². The molecule has 0 spiro atoms. The van der Waals surface area contributed by atoms with Crippen LogP contribution in [-0.4, -0.2) is 6.21 Å². The summed E-state index contributed by atoms with van der Waals surface area (Å²) in [5, 5.41) is 0. The third-order valence-electron chi connectivity index (χ3n) is 0.813. The van der Waals surface area contributed by atoms with E-state index in [-0.39, 0.29) is 17.0 Å². The lowest BCUT2D eigenvalue weighted by molar-refractivity contribution is -0.00000156. The van der Waals surface area contributed by atoms with Gasteiger partial charge < -0.3 is 17.0 Å². The van der Waals surface area contributed by atoms with Crippen LogP contribution in [0.15, 0.2) is 23.9 Å². The quantitative estimate of drug-likeness (QED) is 0.397. The van der Waals surface area contributed by atoms with Gasteiger partial charge in [-0.2, -0.15) is 0 Å². The van der Waals surface area contributed by atoms with E-state index in [1.807, 2.05) is 25.2 Å². The van der Waals surface area contributed by atoms with Crippen LogP contribution in [0.3, 0.4) is 0 Å². The first-order valence-corrected chi connectivity index (χ1v) is 2.27. The number of aliphatic imine (C=N–C) groups is 1. The maximum Gasteiger partial charge on any atom is 0.250 e. The fraction of sp³-hybridized carbons (Fsp3) is 0.167. The standard InChI is InChI=1S/C6H7N.BrH/c1-6-4-2-3-5-7-6;/h2-5H,1H3;1H/q+1;/p-1. The van der Waals surface area contributed by atoms with Gasteiger partial charge in [-0.15, -0.1) is 0 Å². The van der Waals surface area contributed by atoms with Crippen LogP contribution >= 0.6 is 0 Å². The number of nitrogens with zero attached hydrogens (tertiary/aromatic N) is 1. The normalized spacial score (nSPS) is 14.9. The molecule has 43 valence electrons. The third kappa shape index (κ3) is 2.07. The van der Waals surface area contributed by atoms with E-state index < -0.39 is 0 Å². The summed E-state index contributed by atoms with van der Waals surface area (Å²) >= 11 is 0. The highest BCUT2D eigenvalue weighted by molar-refractivity contribution is 5.72. The molecule has 1 aliphatic heterocycles. The van der Waals surface area contributed by atoms with Crippen LogP contribution in [0.4, 0.5) is 0 Å². The summed E-state index contributed by atoms with van der Waals surface area (Å²) in [6.45, 7) is 1.97. The Bertz CT molecular complexity index is 145. The maximum absolute atomic E-state index is 3.98. The number of hydrogen-bond acceptors (Lipinski definition) is 1. The van der Waals surface area contributed by atoms with E-state index in [0.717, 1.165) is 5.70 Å². The average Bonchev–Trinajstić information content (AvgIpc) is 1.69. The Hall–Kier alpha value is -0.370. The zero-order valence-corrected chi connectivity index (χ0v) is 6.22. The molecule has 0 N–H and O–H groups in total. The zero-order valence-electron chi connectivity index (χ0n) is 4.63. The molecule has 0 saturated heterocycles. The molecule has 0 aliphatic carbocycles. The van der Waals surface area contributed by atoms with Gasteiger partial charge in [0.25, 0.3) is 5.70 Å². The first-order chi connectivity index (χ1) is 3.39. The average molecular weight is 173 g/mol. The Morgan fingerprint density at radius 3 is 2.38 bits per heavy atom. The largest absolute Gasteiger partial charge is 1.00 e. The summed E-state index contributed by atoms with van der Waals surface area (Å²) in [5.74, 6) is 0. The van der Waals surface area contributed by atoms with Crippen LogP contribution in [0, 0.1) is 0 Å². The molecule has 1 nitrogen and oxygen atoms in total. The van der Waals surface area contributed by atoms with Gasteiger partial charge in [0.05, 0.1) is 4.99 Å². The van der Waals surface area contributed by atoms with Crippen molar-refractivity contribution in [1.29, 1.82) is 0 Å². The van der Waals surface area contributed by atoms with Crippen molar-refractivity contribution in [3.8, 4) is 0 Å². The van der Waals surface area contributed by atoms with Gasteiger partial charge in [0, 0.05) is 19.1 Å². The van der Waals surface area contributed by atoms with Crippen molar-refractivity contribution in [3.63, 3.8) is 0 Å². The van der Waals surface area contributed by atoms with E-state index in [1.165, 1.54) is 0 Å². The summed E-state index contributed by atoms with van der Waals surface area (Å²) in [7, 11) is 0. The highest BCUT2D eigenvalue weighted by Crippen LogP contribution is 1.87. The van der Waals surface area contributed by atoms with Crippen LogP contribution in [0.25, 0.3) is 0 Å². The minimum atomic E-state index is 0.